The van der Waals surface area contributed by atoms with Gasteiger partial charge in [0.25, 0.3) is 0 Å². The number of thiophene rings is 2. The Balaban J connectivity index is 1.45. The monoisotopic (exact) mass is 468 g/mol. The SMILES string of the molecule is CCCCCCCCCCCCc1cc2cc(OC)c3c4sccc4cc(OC)c3c2s1. The number of hydrogen-bond acceptors (Lipinski definition) is 4. The van der Waals surface area contributed by atoms with Gasteiger partial charge >= 0.3 is 0 Å². The zero-order chi connectivity index (χ0) is 22.3. The standard InChI is InChI=1S/C28H36O2S2/c1-4-5-6-7-8-9-10-11-12-13-14-22-17-21-19-24(30-3)25-26(28(21)32-22)23(29-2)18-20-15-16-31-27(20)25/h15-19H,4-14H2,1-3H3. The Morgan fingerprint density at radius 3 is 1.94 bits per heavy atom. The van der Waals surface area contributed by atoms with Gasteiger partial charge in [-0.2, -0.15) is 0 Å². The van der Waals surface area contributed by atoms with Crippen LogP contribution in [0.25, 0.3) is 30.9 Å². The fourth-order valence-electron chi connectivity index (χ4n) is 4.75. The number of aryl methyl sites for hydroxylation is 1. The molecule has 0 aliphatic heterocycles. The summed E-state index contributed by atoms with van der Waals surface area (Å²) < 4.78 is 14.3. The van der Waals surface area contributed by atoms with Crippen LogP contribution in [0.4, 0.5) is 0 Å². The molecule has 2 aromatic heterocycles. The van der Waals surface area contributed by atoms with E-state index in [2.05, 4.69) is 36.6 Å². The molecule has 0 aliphatic carbocycles. The lowest BCUT2D eigenvalue weighted by Crippen LogP contribution is -1.89. The van der Waals surface area contributed by atoms with Gasteiger partial charge in [0, 0.05) is 25.0 Å². The molecule has 0 atom stereocenters. The van der Waals surface area contributed by atoms with Crippen LogP contribution in [0.1, 0.15) is 76.0 Å². The second-order valence-electron chi connectivity index (χ2n) is 8.81. The van der Waals surface area contributed by atoms with Crippen LogP contribution in [0.15, 0.2) is 29.6 Å². The average Bonchev–Trinajstić information content (AvgIpc) is 3.45. The van der Waals surface area contributed by atoms with Crippen LogP contribution in [0.5, 0.6) is 11.5 Å². The fraction of sp³-hybridized carbons (Fsp3) is 0.500. The highest BCUT2D eigenvalue weighted by molar-refractivity contribution is 7.20. The van der Waals surface area contributed by atoms with E-state index in [0.29, 0.717) is 0 Å². The highest BCUT2D eigenvalue weighted by Crippen LogP contribution is 2.47. The Labute approximate surface area is 200 Å². The molecule has 4 heteroatoms. The summed E-state index contributed by atoms with van der Waals surface area (Å²) in [5, 5.41) is 7.04. The number of unbranched alkanes of at least 4 members (excludes halogenated alkanes) is 9. The highest BCUT2D eigenvalue weighted by Gasteiger charge is 2.18. The second kappa shape index (κ2) is 11.4. The van der Waals surface area contributed by atoms with Crippen molar-refractivity contribution in [1.29, 1.82) is 0 Å². The van der Waals surface area contributed by atoms with E-state index in [-0.39, 0.29) is 0 Å². The molecule has 0 fully saturated rings. The first-order valence-corrected chi connectivity index (χ1v) is 13.9. The van der Waals surface area contributed by atoms with Gasteiger partial charge in [-0.15, -0.1) is 22.7 Å². The first kappa shape index (κ1) is 23.4. The molecule has 0 radical (unpaired) electrons. The summed E-state index contributed by atoms with van der Waals surface area (Å²) in [6, 6.07) is 8.92. The quantitative estimate of drug-likeness (QED) is 0.182. The van der Waals surface area contributed by atoms with Crippen LogP contribution in [0.2, 0.25) is 0 Å². The maximum atomic E-state index is 5.84. The van der Waals surface area contributed by atoms with E-state index in [9.17, 15) is 0 Å². The van der Waals surface area contributed by atoms with Crippen molar-refractivity contribution in [1.82, 2.24) is 0 Å². The van der Waals surface area contributed by atoms with Gasteiger partial charge in [-0.25, -0.2) is 0 Å². The summed E-state index contributed by atoms with van der Waals surface area (Å²) in [5.74, 6) is 1.89. The van der Waals surface area contributed by atoms with Crippen LogP contribution < -0.4 is 9.47 Å². The molecule has 2 nitrogen and oxygen atoms in total. The van der Waals surface area contributed by atoms with E-state index in [0.717, 1.165) is 11.5 Å². The molecule has 32 heavy (non-hydrogen) atoms. The summed E-state index contributed by atoms with van der Waals surface area (Å²) in [6.07, 6.45) is 15.0. The number of benzene rings is 2. The molecule has 0 unspecified atom stereocenters. The Hall–Kier alpha value is -1.78. The minimum Gasteiger partial charge on any atom is -0.496 e. The number of methoxy groups -OCH3 is 2. The molecule has 0 saturated heterocycles. The fourth-order valence-corrected chi connectivity index (χ4v) is 6.92. The maximum Gasteiger partial charge on any atom is 0.128 e. The first-order chi connectivity index (χ1) is 15.8. The topological polar surface area (TPSA) is 18.5 Å². The molecule has 4 rings (SSSR count). The summed E-state index contributed by atoms with van der Waals surface area (Å²) >= 11 is 3.71. The third-order valence-corrected chi connectivity index (χ3v) is 8.67. The molecule has 2 heterocycles. The van der Waals surface area contributed by atoms with Crippen LogP contribution in [-0.2, 0) is 6.42 Å². The van der Waals surface area contributed by atoms with Gasteiger partial charge in [-0.05, 0) is 53.3 Å². The van der Waals surface area contributed by atoms with Crippen molar-refractivity contribution in [2.75, 3.05) is 14.2 Å². The van der Waals surface area contributed by atoms with E-state index in [1.807, 2.05) is 11.3 Å². The molecule has 2 aromatic carbocycles. The number of ether oxygens (including phenoxy) is 2. The normalized spacial score (nSPS) is 11.7. The maximum absolute atomic E-state index is 5.84. The van der Waals surface area contributed by atoms with Crippen molar-refractivity contribution in [3.8, 4) is 11.5 Å². The van der Waals surface area contributed by atoms with Crippen molar-refractivity contribution >= 4 is 53.6 Å². The zero-order valence-corrected chi connectivity index (χ0v) is 21.4. The molecule has 0 saturated carbocycles. The third-order valence-electron chi connectivity index (χ3n) is 6.49. The molecule has 0 aliphatic rings. The summed E-state index contributed by atoms with van der Waals surface area (Å²) in [6.45, 7) is 2.29. The molecule has 0 amide bonds. The van der Waals surface area contributed by atoms with E-state index in [1.165, 1.54) is 106 Å². The van der Waals surface area contributed by atoms with Crippen LogP contribution in [0, 0.1) is 0 Å². The van der Waals surface area contributed by atoms with Gasteiger partial charge < -0.3 is 9.47 Å². The van der Waals surface area contributed by atoms with Crippen molar-refractivity contribution in [3.63, 3.8) is 0 Å². The smallest absolute Gasteiger partial charge is 0.128 e. The summed E-state index contributed by atoms with van der Waals surface area (Å²) in [7, 11) is 3.55. The predicted molar refractivity (Wildman–Crippen MR) is 143 cm³/mol. The molecule has 0 N–H and O–H groups in total. The van der Waals surface area contributed by atoms with Crippen molar-refractivity contribution < 1.29 is 9.47 Å². The van der Waals surface area contributed by atoms with Crippen molar-refractivity contribution in [2.24, 2.45) is 0 Å². The van der Waals surface area contributed by atoms with E-state index in [1.54, 1.807) is 25.6 Å². The first-order valence-electron chi connectivity index (χ1n) is 12.2. The lowest BCUT2D eigenvalue weighted by atomic mass is 10.0. The predicted octanol–water partition coefficient (Wildman–Crippen LogP) is 9.75. The van der Waals surface area contributed by atoms with Gasteiger partial charge in [0.05, 0.1) is 14.2 Å². The average molecular weight is 469 g/mol. The van der Waals surface area contributed by atoms with Gasteiger partial charge in [0.2, 0.25) is 0 Å². The van der Waals surface area contributed by atoms with Crippen molar-refractivity contribution in [3.05, 3.63) is 34.5 Å². The third kappa shape index (κ3) is 5.07. The molecule has 0 bridgehead atoms. The second-order valence-corrected chi connectivity index (χ2v) is 10.9. The summed E-state index contributed by atoms with van der Waals surface area (Å²) in [4.78, 5) is 1.47. The largest absolute Gasteiger partial charge is 0.496 e. The number of fused-ring (bicyclic) bond motifs is 5. The molecule has 4 aromatic rings. The Morgan fingerprint density at radius 2 is 1.28 bits per heavy atom. The summed E-state index contributed by atoms with van der Waals surface area (Å²) in [5.41, 5.74) is 0. The number of rotatable bonds is 13. The highest BCUT2D eigenvalue weighted by atomic mass is 32.1. The van der Waals surface area contributed by atoms with E-state index in [4.69, 9.17) is 9.47 Å². The molecular formula is C28H36O2S2. The van der Waals surface area contributed by atoms with Crippen LogP contribution in [-0.4, -0.2) is 14.2 Å². The zero-order valence-electron chi connectivity index (χ0n) is 19.8. The van der Waals surface area contributed by atoms with E-state index < -0.39 is 0 Å². The van der Waals surface area contributed by atoms with Gasteiger partial charge in [-0.1, -0.05) is 64.7 Å². The Bertz CT molecular complexity index is 1150. The minimum absolute atomic E-state index is 0.946. The minimum atomic E-state index is 0.946. The van der Waals surface area contributed by atoms with Gasteiger partial charge in [0.15, 0.2) is 0 Å². The molecular weight excluding hydrogens is 432 g/mol. The molecule has 0 spiro atoms. The van der Waals surface area contributed by atoms with Crippen LogP contribution in [0.3, 0.4) is 0 Å². The van der Waals surface area contributed by atoms with Crippen molar-refractivity contribution in [2.45, 2.75) is 77.6 Å². The van der Waals surface area contributed by atoms with Gasteiger partial charge in [0.1, 0.15) is 11.5 Å². The number of hydrogen-bond donors (Lipinski definition) is 0. The Morgan fingerprint density at radius 1 is 0.688 bits per heavy atom. The molecule has 172 valence electrons. The van der Waals surface area contributed by atoms with Crippen LogP contribution >= 0.6 is 22.7 Å². The van der Waals surface area contributed by atoms with Gasteiger partial charge in [-0.3, -0.25) is 0 Å². The Kier molecular flexibility index (Phi) is 8.31. The van der Waals surface area contributed by atoms with E-state index >= 15 is 0 Å². The lowest BCUT2D eigenvalue weighted by molar-refractivity contribution is 0.416. The lowest BCUT2D eigenvalue weighted by Gasteiger charge is -2.12.